The molecule has 9 heteroatoms. The zero-order chi connectivity index (χ0) is 21.5. The lowest BCUT2D eigenvalue weighted by Gasteiger charge is -2.35. The molecular formula is C22H26ClN7O. The zero-order valence-electron chi connectivity index (χ0n) is 17.3. The number of carbonyl (C=O) groups is 1. The zero-order valence-corrected chi connectivity index (χ0v) is 18.1. The van der Waals surface area contributed by atoms with Crippen LogP contribution in [0.2, 0.25) is 5.02 Å². The molecule has 0 unspecified atom stereocenters. The summed E-state index contributed by atoms with van der Waals surface area (Å²) in [5.74, 6) is 0.146. The second-order valence-electron chi connectivity index (χ2n) is 7.78. The number of amides is 1. The highest BCUT2D eigenvalue weighted by atomic mass is 35.5. The van der Waals surface area contributed by atoms with Crippen LogP contribution in [0.5, 0.6) is 0 Å². The molecule has 1 aliphatic rings. The molecule has 162 valence electrons. The number of hydrogen-bond donors (Lipinski definition) is 0. The Morgan fingerprint density at radius 1 is 1.06 bits per heavy atom. The topological polar surface area (TPSA) is 80.0 Å². The maximum Gasteiger partial charge on any atom is 0.223 e. The van der Waals surface area contributed by atoms with Crippen molar-refractivity contribution in [2.75, 3.05) is 32.7 Å². The van der Waals surface area contributed by atoms with Crippen molar-refractivity contribution in [3.05, 3.63) is 71.3 Å². The number of halogens is 1. The summed E-state index contributed by atoms with van der Waals surface area (Å²) in [5, 5.41) is 12.1. The third kappa shape index (κ3) is 6.08. The van der Waals surface area contributed by atoms with Crippen molar-refractivity contribution in [2.24, 2.45) is 0 Å². The molecule has 0 aliphatic carbocycles. The van der Waals surface area contributed by atoms with Gasteiger partial charge in [-0.3, -0.25) is 14.7 Å². The molecule has 0 saturated carbocycles. The molecule has 0 spiro atoms. The number of aromatic nitrogens is 5. The molecule has 3 heterocycles. The predicted molar refractivity (Wildman–Crippen MR) is 118 cm³/mol. The first kappa shape index (κ1) is 21.4. The van der Waals surface area contributed by atoms with Crippen molar-refractivity contribution >= 4 is 17.5 Å². The van der Waals surface area contributed by atoms with Crippen molar-refractivity contribution in [3.8, 4) is 0 Å². The average molecular weight is 440 g/mol. The third-order valence-electron chi connectivity index (χ3n) is 5.70. The van der Waals surface area contributed by atoms with E-state index in [1.165, 1.54) is 0 Å². The van der Waals surface area contributed by atoms with Gasteiger partial charge in [0.15, 0.2) is 0 Å². The molecule has 1 aromatic carbocycles. The summed E-state index contributed by atoms with van der Waals surface area (Å²) in [6, 6.07) is 13.7. The molecule has 3 aromatic rings. The van der Waals surface area contributed by atoms with Gasteiger partial charge in [0.2, 0.25) is 5.91 Å². The predicted octanol–water partition coefficient (Wildman–Crippen LogP) is 2.28. The van der Waals surface area contributed by atoms with Gasteiger partial charge in [-0.15, -0.1) is 5.10 Å². The van der Waals surface area contributed by atoms with E-state index in [1.54, 1.807) is 11.0 Å². The van der Waals surface area contributed by atoms with Crippen LogP contribution < -0.4 is 0 Å². The standard InChI is InChI=1S/C22H26ClN7O/c23-20-6-4-18(5-7-20)19(16-30-17-25-26-27-30)15-22(31)29-13-11-28(12-14-29)10-8-21-3-1-2-9-24-21/h1-7,9,17,19H,8,10-16H2/t19-/m0/s1. The molecule has 4 rings (SSSR count). The van der Waals surface area contributed by atoms with E-state index in [1.807, 2.05) is 47.5 Å². The SMILES string of the molecule is O=C(C[C@@H](Cn1cnnn1)c1ccc(Cl)cc1)N1CCN(CCc2ccccn2)CC1. The highest BCUT2D eigenvalue weighted by Gasteiger charge is 2.25. The van der Waals surface area contributed by atoms with Crippen LogP contribution in [0.3, 0.4) is 0 Å². The van der Waals surface area contributed by atoms with E-state index in [4.69, 9.17) is 11.6 Å². The minimum absolute atomic E-state index is 0.0181. The summed E-state index contributed by atoms with van der Waals surface area (Å²) in [5.41, 5.74) is 2.16. The van der Waals surface area contributed by atoms with Gasteiger partial charge in [0.05, 0.1) is 6.54 Å². The molecule has 0 bridgehead atoms. The second-order valence-corrected chi connectivity index (χ2v) is 8.21. The Labute approximate surface area is 186 Å². The lowest BCUT2D eigenvalue weighted by Crippen LogP contribution is -2.49. The van der Waals surface area contributed by atoms with E-state index in [0.717, 1.165) is 50.4 Å². The number of pyridine rings is 1. The van der Waals surface area contributed by atoms with Gasteiger partial charge >= 0.3 is 0 Å². The summed E-state index contributed by atoms with van der Waals surface area (Å²) >= 11 is 6.04. The van der Waals surface area contributed by atoms with Crippen LogP contribution in [0.4, 0.5) is 0 Å². The molecule has 8 nitrogen and oxygen atoms in total. The van der Waals surface area contributed by atoms with Crippen LogP contribution >= 0.6 is 11.6 Å². The van der Waals surface area contributed by atoms with Gasteiger partial charge in [0, 0.05) is 68.4 Å². The Hall–Kier alpha value is -2.84. The molecule has 0 radical (unpaired) electrons. The molecule has 1 fully saturated rings. The Kier molecular flexibility index (Phi) is 7.22. The van der Waals surface area contributed by atoms with Crippen molar-refractivity contribution < 1.29 is 4.79 Å². The highest BCUT2D eigenvalue weighted by Crippen LogP contribution is 2.24. The summed E-state index contributed by atoms with van der Waals surface area (Å²) in [7, 11) is 0. The smallest absolute Gasteiger partial charge is 0.223 e. The Balaban J connectivity index is 1.31. The van der Waals surface area contributed by atoms with Crippen molar-refractivity contribution in [2.45, 2.75) is 25.3 Å². The van der Waals surface area contributed by atoms with Crippen LogP contribution in [0.25, 0.3) is 0 Å². The molecule has 0 N–H and O–H groups in total. The first-order valence-corrected chi connectivity index (χ1v) is 10.9. The van der Waals surface area contributed by atoms with E-state index in [9.17, 15) is 4.79 Å². The van der Waals surface area contributed by atoms with Crippen molar-refractivity contribution in [1.82, 2.24) is 35.0 Å². The normalized spacial score (nSPS) is 15.7. The van der Waals surface area contributed by atoms with Crippen LogP contribution in [0.15, 0.2) is 55.0 Å². The fourth-order valence-electron chi connectivity index (χ4n) is 3.89. The van der Waals surface area contributed by atoms with E-state index in [2.05, 4.69) is 31.5 Å². The lowest BCUT2D eigenvalue weighted by molar-refractivity contribution is -0.133. The Bertz CT molecular complexity index is 942. The maximum atomic E-state index is 13.1. The van der Waals surface area contributed by atoms with Crippen LogP contribution in [0, 0.1) is 0 Å². The molecule has 1 amide bonds. The van der Waals surface area contributed by atoms with Gasteiger partial charge in [0.25, 0.3) is 0 Å². The monoisotopic (exact) mass is 439 g/mol. The van der Waals surface area contributed by atoms with E-state index < -0.39 is 0 Å². The molecule has 2 aromatic heterocycles. The first-order chi connectivity index (χ1) is 15.2. The summed E-state index contributed by atoms with van der Waals surface area (Å²) in [6.45, 7) is 4.78. The highest BCUT2D eigenvalue weighted by molar-refractivity contribution is 6.30. The Morgan fingerprint density at radius 2 is 1.87 bits per heavy atom. The third-order valence-corrected chi connectivity index (χ3v) is 5.95. The number of nitrogens with zero attached hydrogens (tertiary/aromatic N) is 7. The average Bonchev–Trinajstić information content (AvgIpc) is 3.32. The van der Waals surface area contributed by atoms with E-state index >= 15 is 0 Å². The van der Waals surface area contributed by atoms with E-state index in [0.29, 0.717) is 18.0 Å². The number of carbonyl (C=O) groups excluding carboxylic acids is 1. The van der Waals surface area contributed by atoms with Gasteiger partial charge in [-0.25, -0.2) is 4.68 Å². The largest absolute Gasteiger partial charge is 0.340 e. The van der Waals surface area contributed by atoms with Crippen LogP contribution in [-0.4, -0.2) is 73.6 Å². The quantitative estimate of drug-likeness (QED) is 0.535. The molecule has 1 atom stereocenters. The summed E-state index contributed by atoms with van der Waals surface area (Å²) in [6.07, 6.45) is 4.75. The first-order valence-electron chi connectivity index (χ1n) is 10.5. The molecule has 31 heavy (non-hydrogen) atoms. The fraction of sp³-hybridized carbons (Fsp3) is 0.409. The van der Waals surface area contributed by atoms with Crippen molar-refractivity contribution in [1.29, 1.82) is 0 Å². The summed E-state index contributed by atoms with van der Waals surface area (Å²) < 4.78 is 1.67. The maximum absolute atomic E-state index is 13.1. The lowest BCUT2D eigenvalue weighted by atomic mass is 9.95. The van der Waals surface area contributed by atoms with E-state index in [-0.39, 0.29) is 11.8 Å². The number of benzene rings is 1. The number of piperazine rings is 1. The number of rotatable bonds is 8. The van der Waals surface area contributed by atoms with Gasteiger partial charge in [0.1, 0.15) is 6.33 Å². The molecule has 1 aliphatic heterocycles. The summed E-state index contributed by atoms with van der Waals surface area (Å²) in [4.78, 5) is 21.8. The minimum atomic E-state index is -0.0181. The number of tetrazole rings is 1. The van der Waals surface area contributed by atoms with Gasteiger partial charge in [-0.2, -0.15) is 0 Å². The van der Waals surface area contributed by atoms with Gasteiger partial charge < -0.3 is 4.90 Å². The molecule has 1 saturated heterocycles. The van der Waals surface area contributed by atoms with Crippen LogP contribution in [0.1, 0.15) is 23.6 Å². The Morgan fingerprint density at radius 3 is 2.55 bits per heavy atom. The minimum Gasteiger partial charge on any atom is -0.340 e. The number of hydrogen-bond acceptors (Lipinski definition) is 6. The van der Waals surface area contributed by atoms with Crippen LogP contribution in [-0.2, 0) is 17.8 Å². The molecular weight excluding hydrogens is 414 g/mol. The van der Waals surface area contributed by atoms with Crippen molar-refractivity contribution in [3.63, 3.8) is 0 Å². The van der Waals surface area contributed by atoms with Gasteiger partial charge in [-0.05, 0) is 40.3 Å². The fourth-order valence-corrected chi connectivity index (χ4v) is 4.02. The van der Waals surface area contributed by atoms with Gasteiger partial charge in [-0.1, -0.05) is 29.8 Å². The second kappa shape index (κ2) is 10.5.